The van der Waals surface area contributed by atoms with Crippen LogP contribution < -0.4 is 0 Å². The van der Waals surface area contributed by atoms with Crippen molar-refractivity contribution in [1.29, 1.82) is 0 Å². The highest BCUT2D eigenvalue weighted by Crippen LogP contribution is 2.31. The summed E-state index contributed by atoms with van der Waals surface area (Å²) in [7, 11) is 0. The number of allylic oxidation sites excluding steroid dienone is 1. The van der Waals surface area contributed by atoms with Crippen LogP contribution in [0.1, 0.15) is 40.7 Å². The van der Waals surface area contributed by atoms with Gasteiger partial charge >= 0.3 is 0 Å². The van der Waals surface area contributed by atoms with Gasteiger partial charge in [-0.1, -0.05) is 56.0 Å². The van der Waals surface area contributed by atoms with Crippen LogP contribution in [0.2, 0.25) is 0 Å². The number of benzene rings is 3. The Balaban J connectivity index is 1.66. The number of rotatable bonds is 7. The molecule has 0 spiro atoms. The number of pyridine rings is 1. The molecule has 0 bridgehead atoms. The number of nitrogens with zero attached hydrogens (tertiary/aromatic N) is 1. The van der Waals surface area contributed by atoms with E-state index in [4.69, 9.17) is 0 Å². The van der Waals surface area contributed by atoms with E-state index in [0.717, 1.165) is 28.3 Å². The molecular formula is C28H25F2NO. The van der Waals surface area contributed by atoms with E-state index in [1.807, 2.05) is 36.5 Å². The van der Waals surface area contributed by atoms with Crippen LogP contribution in [0.3, 0.4) is 0 Å². The van der Waals surface area contributed by atoms with E-state index in [-0.39, 0.29) is 17.7 Å². The Hall–Kier alpha value is -3.53. The van der Waals surface area contributed by atoms with Crippen LogP contribution >= 0.6 is 0 Å². The van der Waals surface area contributed by atoms with E-state index >= 15 is 0 Å². The summed E-state index contributed by atoms with van der Waals surface area (Å²) in [6, 6.07) is 18.0. The number of hydrogen-bond acceptors (Lipinski definition) is 2. The highest BCUT2D eigenvalue weighted by Gasteiger charge is 2.23. The van der Waals surface area contributed by atoms with Gasteiger partial charge in [0, 0.05) is 23.3 Å². The van der Waals surface area contributed by atoms with E-state index in [1.165, 1.54) is 29.3 Å². The Morgan fingerprint density at radius 1 is 0.969 bits per heavy atom. The number of aryl methyl sites for hydroxylation is 1. The number of hydrogen-bond donors (Lipinski definition) is 1. The maximum atomic E-state index is 14.4. The lowest BCUT2D eigenvalue weighted by Crippen LogP contribution is -2.10. The molecule has 0 saturated carbocycles. The minimum absolute atomic E-state index is 0.155. The molecule has 1 aromatic heterocycles. The molecule has 1 N–H and O–H groups in total. The Morgan fingerprint density at radius 3 is 2.41 bits per heavy atom. The van der Waals surface area contributed by atoms with Crippen LogP contribution in [-0.2, 0) is 19.3 Å². The fourth-order valence-corrected chi connectivity index (χ4v) is 4.25. The fourth-order valence-electron chi connectivity index (χ4n) is 4.25. The van der Waals surface area contributed by atoms with Crippen molar-refractivity contribution >= 4 is 10.8 Å². The van der Waals surface area contributed by atoms with Gasteiger partial charge in [-0.2, -0.15) is 0 Å². The maximum Gasteiger partial charge on any atom is 0.130 e. The van der Waals surface area contributed by atoms with Gasteiger partial charge in [-0.15, -0.1) is 0 Å². The second kappa shape index (κ2) is 9.31. The van der Waals surface area contributed by atoms with Crippen molar-refractivity contribution in [3.05, 3.63) is 125 Å². The summed E-state index contributed by atoms with van der Waals surface area (Å²) in [5.41, 5.74) is 4.25. The van der Waals surface area contributed by atoms with Crippen molar-refractivity contribution in [3.8, 4) is 0 Å². The van der Waals surface area contributed by atoms with Crippen LogP contribution in [0.5, 0.6) is 0 Å². The molecule has 4 heteroatoms. The van der Waals surface area contributed by atoms with Gasteiger partial charge < -0.3 is 5.11 Å². The molecule has 2 nitrogen and oxygen atoms in total. The fraction of sp³-hybridized carbons (Fsp3) is 0.179. The zero-order valence-electron chi connectivity index (χ0n) is 18.0. The summed E-state index contributed by atoms with van der Waals surface area (Å²) in [6.07, 6.45) is 5.59. The number of aliphatic hydroxyl groups excluding tert-OH is 1. The highest BCUT2D eigenvalue weighted by atomic mass is 19.1. The predicted molar refractivity (Wildman–Crippen MR) is 125 cm³/mol. The summed E-state index contributed by atoms with van der Waals surface area (Å²) in [4.78, 5) is 4.29. The monoisotopic (exact) mass is 429 g/mol. The average molecular weight is 430 g/mol. The first-order valence-electron chi connectivity index (χ1n) is 10.7. The minimum atomic E-state index is -0.861. The molecule has 0 fully saturated rings. The lowest BCUT2D eigenvalue weighted by atomic mass is 9.88. The summed E-state index contributed by atoms with van der Waals surface area (Å²) >= 11 is 0. The number of aromatic nitrogens is 1. The van der Waals surface area contributed by atoms with Crippen molar-refractivity contribution in [2.75, 3.05) is 0 Å². The van der Waals surface area contributed by atoms with E-state index in [9.17, 15) is 13.9 Å². The van der Waals surface area contributed by atoms with Gasteiger partial charge in [0.05, 0.1) is 11.7 Å². The van der Waals surface area contributed by atoms with Gasteiger partial charge in [-0.25, -0.2) is 8.78 Å². The molecule has 32 heavy (non-hydrogen) atoms. The van der Waals surface area contributed by atoms with Crippen LogP contribution in [0, 0.1) is 11.6 Å². The maximum absolute atomic E-state index is 14.4. The Labute approximate surface area is 186 Å². The third-order valence-corrected chi connectivity index (χ3v) is 5.89. The zero-order chi connectivity index (χ0) is 22.7. The van der Waals surface area contributed by atoms with Gasteiger partial charge in [-0.3, -0.25) is 4.98 Å². The standard InChI is InChI=1S/C28H25F2NO/c1-3-19-13-22-10-11-31-17-25(22)23(14-19)15-20-6-4-7-21(12-20)16-24(18(2)32)28-26(29)8-5-9-27(28)30/h4-14,17,24,32H,2-3,15-16H2,1H3. The molecule has 3 aromatic carbocycles. The van der Waals surface area contributed by atoms with Crippen LogP contribution in [0.25, 0.3) is 10.8 Å². The van der Waals surface area contributed by atoms with Gasteiger partial charge in [-0.05, 0) is 65.1 Å². The second-order valence-electron chi connectivity index (χ2n) is 8.09. The largest absolute Gasteiger partial charge is 0.512 e. The van der Waals surface area contributed by atoms with Crippen LogP contribution in [0.15, 0.2) is 85.4 Å². The molecule has 4 aromatic rings. The number of fused-ring (bicyclic) bond motifs is 1. The first-order chi connectivity index (χ1) is 15.5. The van der Waals surface area contributed by atoms with Gasteiger partial charge in [0.15, 0.2) is 0 Å². The van der Waals surface area contributed by atoms with E-state index < -0.39 is 17.6 Å². The molecule has 1 heterocycles. The Kier molecular flexibility index (Phi) is 6.31. The van der Waals surface area contributed by atoms with Crippen LogP contribution in [0.4, 0.5) is 8.78 Å². The summed E-state index contributed by atoms with van der Waals surface area (Å²) < 4.78 is 28.7. The normalized spacial score (nSPS) is 12.1. The zero-order valence-corrected chi connectivity index (χ0v) is 18.0. The van der Waals surface area contributed by atoms with Gasteiger partial charge in [0.1, 0.15) is 11.6 Å². The van der Waals surface area contributed by atoms with Crippen molar-refractivity contribution < 1.29 is 13.9 Å². The quantitative estimate of drug-likeness (QED) is 0.319. The highest BCUT2D eigenvalue weighted by molar-refractivity contribution is 5.86. The molecule has 0 aliphatic carbocycles. The summed E-state index contributed by atoms with van der Waals surface area (Å²) in [6.45, 7) is 5.70. The molecule has 1 atom stereocenters. The molecular weight excluding hydrogens is 404 g/mol. The predicted octanol–water partition coefficient (Wildman–Crippen LogP) is 7.06. The smallest absolute Gasteiger partial charge is 0.130 e. The third kappa shape index (κ3) is 4.54. The molecule has 4 rings (SSSR count). The Bertz CT molecular complexity index is 1260. The first kappa shape index (κ1) is 21.7. The molecule has 162 valence electrons. The molecule has 0 aliphatic rings. The van der Waals surface area contributed by atoms with Crippen molar-refractivity contribution in [2.45, 2.75) is 32.1 Å². The lowest BCUT2D eigenvalue weighted by molar-refractivity contribution is 0.359. The first-order valence-corrected chi connectivity index (χ1v) is 10.7. The van der Waals surface area contributed by atoms with E-state index in [0.29, 0.717) is 6.42 Å². The summed E-state index contributed by atoms with van der Waals surface area (Å²) in [5, 5.41) is 12.4. The van der Waals surface area contributed by atoms with Gasteiger partial charge in [0.25, 0.3) is 0 Å². The summed E-state index contributed by atoms with van der Waals surface area (Å²) in [5.74, 6) is -2.49. The second-order valence-corrected chi connectivity index (χ2v) is 8.09. The minimum Gasteiger partial charge on any atom is -0.512 e. The molecule has 0 radical (unpaired) electrons. The number of halogens is 2. The van der Waals surface area contributed by atoms with Gasteiger partial charge in [0.2, 0.25) is 0 Å². The third-order valence-electron chi connectivity index (χ3n) is 5.89. The molecule has 0 aliphatic heterocycles. The molecule has 0 saturated heterocycles. The topological polar surface area (TPSA) is 33.1 Å². The molecule has 0 amide bonds. The van der Waals surface area contributed by atoms with Crippen molar-refractivity contribution in [2.24, 2.45) is 0 Å². The average Bonchev–Trinajstić information content (AvgIpc) is 2.78. The SMILES string of the molecule is C=C(O)C(Cc1cccc(Cc2cc(CC)cc3ccncc23)c1)c1c(F)cccc1F. The van der Waals surface area contributed by atoms with Crippen molar-refractivity contribution in [3.63, 3.8) is 0 Å². The number of aliphatic hydroxyl groups is 1. The van der Waals surface area contributed by atoms with Crippen LogP contribution in [-0.4, -0.2) is 10.1 Å². The Morgan fingerprint density at radius 2 is 1.69 bits per heavy atom. The van der Waals surface area contributed by atoms with E-state index in [1.54, 1.807) is 6.20 Å². The van der Waals surface area contributed by atoms with E-state index in [2.05, 4.69) is 30.6 Å². The lowest BCUT2D eigenvalue weighted by Gasteiger charge is -2.18. The van der Waals surface area contributed by atoms with Crippen molar-refractivity contribution in [1.82, 2.24) is 4.98 Å². The molecule has 1 unspecified atom stereocenters.